The third-order valence-corrected chi connectivity index (χ3v) is 6.55. The lowest BCUT2D eigenvalue weighted by molar-refractivity contribution is 0.0971. The maximum Gasteiger partial charge on any atom is 0.295 e. The third kappa shape index (κ3) is 3.75. The number of nitrogens with zero attached hydrogens (tertiary/aromatic N) is 1. The van der Waals surface area contributed by atoms with Gasteiger partial charge in [-0.05, 0) is 66.9 Å². The molecule has 3 aromatic carbocycles. The zero-order valence-electron chi connectivity index (χ0n) is 18.6. The van der Waals surface area contributed by atoms with Gasteiger partial charge in [-0.1, -0.05) is 48.3 Å². The zero-order chi connectivity index (χ0) is 24.0. The summed E-state index contributed by atoms with van der Waals surface area (Å²) < 4.78 is 11.8. The van der Waals surface area contributed by atoms with E-state index < -0.39 is 11.9 Å². The van der Waals surface area contributed by atoms with Crippen LogP contribution >= 0.6 is 23.2 Å². The first-order valence-corrected chi connectivity index (χ1v) is 11.7. The standard InChI is InChI=1S/C27H21Cl2NO4/c1-3-11-33-19-6-4-5-16(12-19)24-23-25(31)20-13-17(28)8-10-22(20)34-26(23)27(32)30(24)18-9-7-15(2)21(29)14-18/h4-10,12-14,24H,3,11H2,1-2H3. The first kappa shape index (κ1) is 22.5. The molecule has 1 atom stereocenters. The van der Waals surface area contributed by atoms with Gasteiger partial charge in [0.15, 0.2) is 5.43 Å². The fraction of sp³-hybridized carbons (Fsp3) is 0.185. The highest BCUT2D eigenvalue weighted by molar-refractivity contribution is 6.32. The number of rotatable bonds is 5. The van der Waals surface area contributed by atoms with Gasteiger partial charge in [0.25, 0.3) is 5.91 Å². The minimum atomic E-state index is -0.717. The molecule has 0 fully saturated rings. The smallest absolute Gasteiger partial charge is 0.295 e. The Morgan fingerprint density at radius 3 is 2.62 bits per heavy atom. The first-order valence-electron chi connectivity index (χ1n) is 11.0. The van der Waals surface area contributed by atoms with E-state index in [2.05, 4.69) is 0 Å². The number of carbonyl (C=O) groups excluding carboxylic acids is 1. The Morgan fingerprint density at radius 1 is 1.03 bits per heavy atom. The summed E-state index contributed by atoms with van der Waals surface area (Å²) in [5.41, 5.74) is 2.46. The molecule has 0 saturated heterocycles. The summed E-state index contributed by atoms with van der Waals surface area (Å²) in [5.74, 6) is 0.269. The lowest BCUT2D eigenvalue weighted by atomic mass is 9.98. The summed E-state index contributed by atoms with van der Waals surface area (Å²) in [6, 6.07) is 16.9. The molecule has 1 unspecified atom stereocenters. The molecule has 7 heteroatoms. The van der Waals surface area contributed by atoms with Crippen molar-refractivity contribution in [3.05, 3.63) is 103 Å². The molecule has 1 aliphatic rings. The van der Waals surface area contributed by atoms with E-state index in [1.54, 1.807) is 29.2 Å². The van der Waals surface area contributed by atoms with Gasteiger partial charge in [-0.2, -0.15) is 0 Å². The van der Waals surface area contributed by atoms with Gasteiger partial charge >= 0.3 is 0 Å². The first-order chi connectivity index (χ1) is 16.4. The van der Waals surface area contributed by atoms with Gasteiger partial charge in [0.05, 0.1) is 23.6 Å². The van der Waals surface area contributed by atoms with Crippen LogP contribution in [-0.2, 0) is 0 Å². The Balaban J connectivity index is 1.77. The van der Waals surface area contributed by atoms with Crippen molar-refractivity contribution in [1.82, 2.24) is 0 Å². The summed E-state index contributed by atoms with van der Waals surface area (Å²) in [4.78, 5) is 28.9. The normalized spacial score (nSPS) is 15.1. The number of benzene rings is 3. The fourth-order valence-electron chi connectivity index (χ4n) is 4.25. The second kappa shape index (κ2) is 8.82. The van der Waals surface area contributed by atoms with Crippen molar-refractivity contribution in [2.45, 2.75) is 26.3 Å². The predicted octanol–water partition coefficient (Wildman–Crippen LogP) is 6.95. The van der Waals surface area contributed by atoms with Crippen LogP contribution in [0.4, 0.5) is 5.69 Å². The van der Waals surface area contributed by atoms with Crippen molar-refractivity contribution in [3.63, 3.8) is 0 Å². The summed E-state index contributed by atoms with van der Waals surface area (Å²) >= 11 is 12.6. The van der Waals surface area contributed by atoms with E-state index in [0.29, 0.717) is 39.1 Å². The molecule has 1 amide bonds. The van der Waals surface area contributed by atoms with E-state index in [1.807, 2.05) is 50.2 Å². The molecule has 0 spiro atoms. The second-order valence-corrected chi connectivity index (χ2v) is 9.09. The van der Waals surface area contributed by atoms with Crippen LogP contribution in [0.15, 0.2) is 69.9 Å². The van der Waals surface area contributed by atoms with Crippen LogP contribution in [0.25, 0.3) is 11.0 Å². The maximum absolute atomic E-state index is 13.7. The molecule has 34 heavy (non-hydrogen) atoms. The number of hydrogen-bond donors (Lipinski definition) is 0. The van der Waals surface area contributed by atoms with Crippen molar-refractivity contribution in [3.8, 4) is 5.75 Å². The summed E-state index contributed by atoms with van der Waals surface area (Å²) in [6.45, 7) is 4.48. The fourth-order valence-corrected chi connectivity index (χ4v) is 4.60. The monoisotopic (exact) mass is 493 g/mol. The maximum atomic E-state index is 13.7. The Bertz CT molecular complexity index is 1490. The molecule has 0 bridgehead atoms. The number of halogens is 2. The minimum Gasteiger partial charge on any atom is -0.494 e. The van der Waals surface area contributed by atoms with Gasteiger partial charge in [0.2, 0.25) is 5.76 Å². The van der Waals surface area contributed by atoms with Crippen LogP contribution in [0.2, 0.25) is 10.0 Å². The molecule has 4 aromatic rings. The van der Waals surface area contributed by atoms with Crippen LogP contribution in [0.1, 0.15) is 46.6 Å². The number of amides is 1. The number of anilines is 1. The zero-order valence-corrected chi connectivity index (χ0v) is 20.1. The number of ether oxygens (including phenoxy) is 1. The number of carbonyl (C=O) groups is 1. The van der Waals surface area contributed by atoms with Crippen LogP contribution < -0.4 is 15.1 Å². The Kier molecular flexibility index (Phi) is 5.84. The highest BCUT2D eigenvalue weighted by Gasteiger charge is 2.44. The molecule has 2 heterocycles. The van der Waals surface area contributed by atoms with E-state index in [0.717, 1.165) is 17.5 Å². The molecule has 0 aliphatic carbocycles. The van der Waals surface area contributed by atoms with Crippen LogP contribution in [0, 0.1) is 6.92 Å². The highest BCUT2D eigenvalue weighted by atomic mass is 35.5. The van der Waals surface area contributed by atoms with Crippen molar-refractivity contribution >= 4 is 45.8 Å². The van der Waals surface area contributed by atoms with Crippen molar-refractivity contribution in [2.75, 3.05) is 11.5 Å². The molecule has 0 radical (unpaired) electrons. The van der Waals surface area contributed by atoms with Gasteiger partial charge < -0.3 is 9.15 Å². The van der Waals surface area contributed by atoms with E-state index in [1.165, 1.54) is 0 Å². The SMILES string of the molecule is CCCOc1cccc(C2c3c(oc4ccc(Cl)cc4c3=O)C(=O)N2c2ccc(C)c(Cl)c2)c1. The van der Waals surface area contributed by atoms with E-state index in [4.69, 9.17) is 32.4 Å². The van der Waals surface area contributed by atoms with Gasteiger partial charge in [-0.3, -0.25) is 14.5 Å². The molecule has 0 N–H and O–H groups in total. The second-order valence-electron chi connectivity index (χ2n) is 8.25. The summed E-state index contributed by atoms with van der Waals surface area (Å²) in [5, 5.41) is 1.26. The third-order valence-electron chi connectivity index (χ3n) is 5.91. The topological polar surface area (TPSA) is 59.8 Å². The van der Waals surface area contributed by atoms with Crippen molar-refractivity contribution < 1.29 is 13.9 Å². The van der Waals surface area contributed by atoms with Crippen LogP contribution in [0.5, 0.6) is 5.75 Å². The van der Waals surface area contributed by atoms with Gasteiger partial charge in [0, 0.05) is 15.7 Å². The van der Waals surface area contributed by atoms with Crippen LogP contribution in [0.3, 0.4) is 0 Å². The summed E-state index contributed by atoms with van der Waals surface area (Å²) in [7, 11) is 0. The molecular formula is C27H21Cl2NO4. The Morgan fingerprint density at radius 2 is 1.85 bits per heavy atom. The largest absolute Gasteiger partial charge is 0.494 e. The Labute approximate surface area is 206 Å². The predicted molar refractivity (Wildman–Crippen MR) is 135 cm³/mol. The quantitative estimate of drug-likeness (QED) is 0.301. The highest BCUT2D eigenvalue weighted by Crippen LogP contribution is 2.42. The number of hydrogen-bond acceptors (Lipinski definition) is 4. The number of aryl methyl sites for hydroxylation is 1. The molecule has 1 aromatic heterocycles. The molecule has 5 rings (SSSR count). The molecule has 1 aliphatic heterocycles. The average Bonchev–Trinajstić information content (AvgIpc) is 3.13. The van der Waals surface area contributed by atoms with E-state index in [-0.39, 0.29) is 16.8 Å². The number of fused-ring (bicyclic) bond motifs is 2. The molecule has 172 valence electrons. The molecule has 5 nitrogen and oxygen atoms in total. The average molecular weight is 494 g/mol. The minimum absolute atomic E-state index is 0.0152. The van der Waals surface area contributed by atoms with Crippen molar-refractivity contribution in [1.29, 1.82) is 0 Å². The van der Waals surface area contributed by atoms with Crippen molar-refractivity contribution in [2.24, 2.45) is 0 Å². The van der Waals surface area contributed by atoms with Gasteiger partial charge in [-0.25, -0.2) is 0 Å². The van der Waals surface area contributed by atoms with Crippen LogP contribution in [-0.4, -0.2) is 12.5 Å². The Hall–Kier alpha value is -3.28. The summed E-state index contributed by atoms with van der Waals surface area (Å²) in [6.07, 6.45) is 0.860. The lowest BCUT2D eigenvalue weighted by Crippen LogP contribution is -2.29. The lowest BCUT2D eigenvalue weighted by Gasteiger charge is -2.26. The van der Waals surface area contributed by atoms with E-state index in [9.17, 15) is 9.59 Å². The molecule has 0 saturated carbocycles. The molecular weight excluding hydrogens is 473 g/mol. The van der Waals surface area contributed by atoms with E-state index >= 15 is 0 Å². The van der Waals surface area contributed by atoms with Gasteiger partial charge in [0.1, 0.15) is 11.3 Å². The van der Waals surface area contributed by atoms with Gasteiger partial charge in [-0.15, -0.1) is 0 Å².